The van der Waals surface area contributed by atoms with Crippen LogP contribution in [0.5, 0.6) is 0 Å². The normalized spacial score (nSPS) is 11.9. The average molecular weight is 433 g/mol. The van der Waals surface area contributed by atoms with Crippen LogP contribution in [0.15, 0.2) is 84.0 Å². The highest BCUT2D eigenvalue weighted by Gasteiger charge is 2.17. The molecule has 0 aliphatic rings. The van der Waals surface area contributed by atoms with E-state index in [1.165, 1.54) is 12.1 Å². The van der Waals surface area contributed by atoms with E-state index in [0.29, 0.717) is 16.9 Å². The van der Waals surface area contributed by atoms with Crippen molar-refractivity contribution in [2.24, 2.45) is 0 Å². The first-order valence-corrected chi connectivity index (χ1v) is 10.7. The SMILES string of the molecule is CC(NC(=O)c1ccccc1SCc1cn2ccccc2n1)c1cccc([N+](=O)[O-])c1. The number of thioether (sulfide) groups is 1. The fourth-order valence-corrected chi connectivity index (χ4v) is 4.19. The molecule has 1 atom stereocenters. The molecule has 1 N–H and O–H groups in total. The first-order valence-electron chi connectivity index (χ1n) is 9.71. The number of nitro benzene ring substituents is 1. The largest absolute Gasteiger partial charge is 0.345 e. The van der Waals surface area contributed by atoms with E-state index in [9.17, 15) is 14.9 Å². The fourth-order valence-electron chi connectivity index (χ4n) is 3.25. The summed E-state index contributed by atoms with van der Waals surface area (Å²) in [6.45, 7) is 1.81. The number of nitrogens with one attached hydrogen (secondary N) is 1. The van der Waals surface area contributed by atoms with Crippen LogP contribution in [0.1, 0.15) is 34.6 Å². The smallest absolute Gasteiger partial charge is 0.269 e. The van der Waals surface area contributed by atoms with E-state index in [4.69, 9.17) is 0 Å². The van der Waals surface area contributed by atoms with Gasteiger partial charge < -0.3 is 9.72 Å². The van der Waals surface area contributed by atoms with E-state index in [1.807, 2.05) is 60.1 Å². The molecule has 0 saturated carbocycles. The molecule has 1 amide bonds. The Kier molecular flexibility index (Phi) is 5.99. The van der Waals surface area contributed by atoms with E-state index >= 15 is 0 Å². The topological polar surface area (TPSA) is 89.5 Å². The molecule has 1 unspecified atom stereocenters. The summed E-state index contributed by atoms with van der Waals surface area (Å²) >= 11 is 1.55. The maximum Gasteiger partial charge on any atom is 0.269 e. The zero-order valence-electron chi connectivity index (χ0n) is 16.8. The molecule has 0 spiro atoms. The summed E-state index contributed by atoms with van der Waals surface area (Å²) in [5.41, 5.74) is 3.05. The van der Waals surface area contributed by atoms with E-state index in [-0.39, 0.29) is 17.6 Å². The van der Waals surface area contributed by atoms with Crippen LogP contribution in [0.25, 0.3) is 5.65 Å². The van der Waals surface area contributed by atoms with Crippen LogP contribution in [-0.2, 0) is 5.75 Å². The predicted octanol–water partition coefficient (Wildman–Crippen LogP) is 5.03. The maximum absolute atomic E-state index is 12.9. The lowest BCUT2D eigenvalue weighted by Crippen LogP contribution is -2.27. The number of non-ortho nitro benzene ring substituents is 1. The van der Waals surface area contributed by atoms with Crippen molar-refractivity contribution >= 4 is 29.0 Å². The van der Waals surface area contributed by atoms with Gasteiger partial charge in [0, 0.05) is 35.2 Å². The third-order valence-electron chi connectivity index (χ3n) is 4.85. The molecular formula is C23H20N4O3S. The number of nitro groups is 1. The number of fused-ring (bicyclic) bond motifs is 1. The zero-order chi connectivity index (χ0) is 21.8. The minimum absolute atomic E-state index is 0.00186. The number of hydrogen-bond donors (Lipinski definition) is 1. The summed E-state index contributed by atoms with van der Waals surface area (Å²) in [5.74, 6) is 0.406. The Morgan fingerprint density at radius 1 is 1.16 bits per heavy atom. The van der Waals surface area contributed by atoms with Crippen LogP contribution in [-0.4, -0.2) is 20.2 Å². The molecule has 8 heteroatoms. The fraction of sp³-hybridized carbons (Fsp3) is 0.130. The predicted molar refractivity (Wildman–Crippen MR) is 120 cm³/mol. The molecule has 7 nitrogen and oxygen atoms in total. The number of carbonyl (C=O) groups is 1. The Morgan fingerprint density at radius 3 is 2.77 bits per heavy atom. The van der Waals surface area contributed by atoms with E-state index in [1.54, 1.807) is 30.0 Å². The Balaban J connectivity index is 1.47. The third kappa shape index (κ3) is 4.75. The molecule has 4 aromatic rings. The van der Waals surface area contributed by atoms with Gasteiger partial charge in [0.15, 0.2) is 0 Å². The monoisotopic (exact) mass is 432 g/mol. The summed E-state index contributed by atoms with van der Waals surface area (Å²) in [6.07, 6.45) is 3.93. The van der Waals surface area contributed by atoms with Crippen molar-refractivity contribution in [3.63, 3.8) is 0 Å². The number of benzene rings is 2. The number of hydrogen-bond acceptors (Lipinski definition) is 5. The average Bonchev–Trinajstić information content (AvgIpc) is 3.21. The number of amides is 1. The van der Waals surface area contributed by atoms with E-state index in [2.05, 4.69) is 10.3 Å². The second kappa shape index (κ2) is 9.01. The molecular weight excluding hydrogens is 412 g/mol. The van der Waals surface area contributed by atoms with E-state index < -0.39 is 4.92 Å². The molecule has 31 heavy (non-hydrogen) atoms. The summed E-state index contributed by atoms with van der Waals surface area (Å²) < 4.78 is 1.97. The van der Waals surface area contributed by atoms with Crippen molar-refractivity contribution in [3.8, 4) is 0 Å². The highest BCUT2D eigenvalue weighted by Crippen LogP contribution is 2.27. The highest BCUT2D eigenvalue weighted by atomic mass is 32.2. The maximum atomic E-state index is 12.9. The van der Waals surface area contributed by atoms with Crippen LogP contribution in [0, 0.1) is 10.1 Å². The lowest BCUT2D eigenvalue weighted by molar-refractivity contribution is -0.384. The number of carbonyl (C=O) groups excluding carboxylic acids is 1. The summed E-state index contributed by atoms with van der Waals surface area (Å²) in [4.78, 5) is 29.0. The molecule has 4 rings (SSSR count). The van der Waals surface area contributed by atoms with Crippen molar-refractivity contribution in [2.45, 2.75) is 23.6 Å². The third-order valence-corrected chi connectivity index (χ3v) is 5.96. The minimum Gasteiger partial charge on any atom is -0.345 e. The summed E-state index contributed by atoms with van der Waals surface area (Å²) in [7, 11) is 0. The molecule has 0 radical (unpaired) electrons. The quantitative estimate of drug-likeness (QED) is 0.251. The highest BCUT2D eigenvalue weighted by molar-refractivity contribution is 7.98. The van der Waals surface area contributed by atoms with Gasteiger partial charge in [-0.2, -0.15) is 0 Å². The van der Waals surface area contributed by atoms with Crippen LogP contribution in [0.3, 0.4) is 0 Å². The molecule has 0 aliphatic heterocycles. The van der Waals surface area contributed by atoms with Crippen molar-refractivity contribution in [1.29, 1.82) is 0 Å². The first-order chi connectivity index (χ1) is 15.0. The number of rotatable bonds is 7. The molecule has 0 bridgehead atoms. The molecule has 156 valence electrons. The van der Waals surface area contributed by atoms with Gasteiger partial charge in [-0.05, 0) is 36.8 Å². The Hall–Kier alpha value is -3.65. The number of aromatic nitrogens is 2. The first kappa shape index (κ1) is 20.6. The number of nitrogens with zero attached hydrogens (tertiary/aromatic N) is 3. The summed E-state index contributed by atoms with van der Waals surface area (Å²) in [6, 6.07) is 19.2. The Morgan fingerprint density at radius 2 is 1.97 bits per heavy atom. The Bertz CT molecular complexity index is 1220. The molecule has 0 aliphatic carbocycles. The number of pyridine rings is 1. The molecule has 2 aromatic heterocycles. The zero-order valence-corrected chi connectivity index (χ0v) is 17.6. The van der Waals surface area contributed by atoms with Gasteiger partial charge in [-0.3, -0.25) is 14.9 Å². The Labute approximate surface area is 183 Å². The molecule has 2 heterocycles. The van der Waals surface area contributed by atoms with Gasteiger partial charge in [-0.1, -0.05) is 30.3 Å². The standard InChI is InChI=1S/C23H20N4O3S/c1-16(17-7-6-8-19(13-17)27(29)30)24-23(28)20-9-2-3-10-21(20)31-15-18-14-26-12-5-4-11-22(26)25-18/h2-14,16H,15H2,1H3,(H,24,28). The second-order valence-corrected chi connectivity index (χ2v) is 8.05. The van der Waals surface area contributed by atoms with Crippen LogP contribution in [0.2, 0.25) is 0 Å². The van der Waals surface area contributed by atoms with Crippen molar-refractivity contribution in [1.82, 2.24) is 14.7 Å². The number of imidazole rings is 1. The van der Waals surface area contributed by atoms with Gasteiger partial charge in [-0.15, -0.1) is 11.8 Å². The molecule has 2 aromatic carbocycles. The van der Waals surface area contributed by atoms with Crippen LogP contribution in [0.4, 0.5) is 5.69 Å². The van der Waals surface area contributed by atoms with Gasteiger partial charge in [-0.25, -0.2) is 4.98 Å². The van der Waals surface area contributed by atoms with Crippen LogP contribution >= 0.6 is 11.8 Å². The minimum atomic E-state index is -0.441. The van der Waals surface area contributed by atoms with Gasteiger partial charge in [0.25, 0.3) is 11.6 Å². The van der Waals surface area contributed by atoms with Crippen molar-refractivity contribution < 1.29 is 9.72 Å². The summed E-state index contributed by atoms with van der Waals surface area (Å²) in [5, 5.41) is 14.0. The van der Waals surface area contributed by atoms with Gasteiger partial charge >= 0.3 is 0 Å². The van der Waals surface area contributed by atoms with Gasteiger partial charge in [0.1, 0.15) is 5.65 Å². The molecule has 0 fully saturated rings. The lowest BCUT2D eigenvalue weighted by atomic mass is 10.1. The van der Waals surface area contributed by atoms with Crippen molar-refractivity contribution in [2.75, 3.05) is 0 Å². The lowest BCUT2D eigenvalue weighted by Gasteiger charge is -2.16. The van der Waals surface area contributed by atoms with Crippen LogP contribution < -0.4 is 5.32 Å². The molecule has 0 saturated heterocycles. The van der Waals surface area contributed by atoms with Gasteiger partial charge in [0.05, 0.1) is 22.2 Å². The van der Waals surface area contributed by atoms with Crippen molar-refractivity contribution in [3.05, 3.63) is 106 Å². The second-order valence-electron chi connectivity index (χ2n) is 7.03. The van der Waals surface area contributed by atoms with E-state index in [0.717, 1.165) is 16.2 Å². The van der Waals surface area contributed by atoms with Gasteiger partial charge in [0.2, 0.25) is 0 Å².